The van der Waals surface area contributed by atoms with Crippen molar-refractivity contribution in [1.29, 1.82) is 0 Å². The lowest BCUT2D eigenvalue weighted by Gasteiger charge is -2.22. The summed E-state index contributed by atoms with van der Waals surface area (Å²) in [5, 5.41) is 52.0. The monoisotopic (exact) mass is 341 g/mol. The van der Waals surface area contributed by atoms with Crippen LogP contribution in [0.15, 0.2) is 0 Å². The van der Waals surface area contributed by atoms with Crippen LogP contribution in [0.2, 0.25) is 0 Å². The summed E-state index contributed by atoms with van der Waals surface area (Å²) in [4.78, 5) is 20.2. The van der Waals surface area contributed by atoms with Crippen molar-refractivity contribution in [2.45, 2.75) is 49.3 Å². The summed E-state index contributed by atoms with van der Waals surface area (Å²) in [7, 11) is 0. The molecule has 0 unspecified atom stereocenters. The second-order valence-electron chi connectivity index (χ2n) is 4.95. The Morgan fingerprint density at radius 2 is 1.61 bits per heavy atom. The number of carbonyl (C=O) groups is 2. The number of carboxylic acids is 1. The molecule has 0 aliphatic rings. The maximum absolute atomic E-state index is 10.3. The van der Waals surface area contributed by atoms with E-state index in [0.29, 0.717) is 13.0 Å². The molecule has 0 heterocycles. The molecule has 0 bridgehead atoms. The van der Waals surface area contributed by atoms with Gasteiger partial charge in [0.2, 0.25) is 0 Å². The number of rotatable bonds is 10. The molecule has 0 amide bonds. The molecule has 0 aliphatic carbocycles. The third kappa shape index (κ3) is 10.3. The molecular formula is C12H27N3O8. The number of hydrogen-bond donors (Lipinski definition) is 9. The van der Waals surface area contributed by atoms with E-state index in [0.717, 1.165) is 6.42 Å². The van der Waals surface area contributed by atoms with Crippen molar-refractivity contribution in [2.75, 3.05) is 13.2 Å². The Morgan fingerprint density at radius 3 is 1.96 bits per heavy atom. The maximum atomic E-state index is 10.3. The smallest absolute Gasteiger partial charge is 0.338 e. The van der Waals surface area contributed by atoms with Crippen molar-refractivity contribution in [3.05, 3.63) is 0 Å². The highest BCUT2D eigenvalue weighted by Gasteiger charge is 2.29. The van der Waals surface area contributed by atoms with Crippen LogP contribution in [0.4, 0.5) is 0 Å². The highest BCUT2D eigenvalue weighted by molar-refractivity contribution is 5.77. The first-order valence-corrected chi connectivity index (χ1v) is 6.84. The first-order chi connectivity index (χ1) is 10.5. The Labute approximate surface area is 133 Å². The zero-order valence-electron chi connectivity index (χ0n) is 12.7. The van der Waals surface area contributed by atoms with Gasteiger partial charge in [-0.15, -0.1) is 0 Å². The van der Waals surface area contributed by atoms with Crippen molar-refractivity contribution >= 4 is 12.3 Å². The van der Waals surface area contributed by atoms with Crippen LogP contribution in [-0.2, 0) is 9.59 Å². The van der Waals surface area contributed by atoms with E-state index >= 15 is 0 Å². The third-order valence-electron chi connectivity index (χ3n) is 2.86. The van der Waals surface area contributed by atoms with E-state index < -0.39 is 42.7 Å². The Hall–Kier alpha value is -1.18. The summed E-state index contributed by atoms with van der Waals surface area (Å²) < 4.78 is 0. The van der Waals surface area contributed by atoms with Crippen molar-refractivity contribution in [3.8, 4) is 0 Å². The quantitative estimate of drug-likeness (QED) is 0.104. The zero-order valence-corrected chi connectivity index (χ0v) is 12.7. The van der Waals surface area contributed by atoms with Gasteiger partial charge in [0.15, 0.2) is 11.9 Å². The van der Waals surface area contributed by atoms with Gasteiger partial charge in [-0.1, -0.05) is 0 Å². The number of aliphatic hydroxyl groups is 5. The molecule has 11 nitrogen and oxygen atoms in total. The van der Waals surface area contributed by atoms with Gasteiger partial charge in [-0.3, -0.25) is 0 Å². The number of carboxylic acid groups (broad SMARTS) is 1. The van der Waals surface area contributed by atoms with Crippen LogP contribution < -0.4 is 17.2 Å². The molecule has 0 saturated carbocycles. The van der Waals surface area contributed by atoms with Gasteiger partial charge in [-0.05, 0) is 25.8 Å². The molecular weight excluding hydrogens is 314 g/mol. The Kier molecular flexibility index (Phi) is 12.8. The summed E-state index contributed by atoms with van der Waals surface area (Å²) in [6.45, 7) is -0.223. The van der Waals surface area contributed by atoms with Crippen molar-refractivity contribution in [2.24, 2.45) is 17.2 Å². The summed E-state index contributed by atoms with van der Waals surface area (Å²) in [6.07, 6.45) is -5.17. The van der Waals surface area contributed by atoms with E-state index in [1.807, 2.05) is 0 Å². The summed E-state index contributed by atoms with van der Waals surface area (Å²) in [5.41, 5.74) is 14.1. The Morgan fingerprint density at radius 1 is 1.09 bits per heavy atom. The minimum absolute atomic E-state index is 0.0258. The molecule has 0 radical (unpaired) electrons. The number of hydrogen-bond acceptors (Lipinski definition) is 10. The van der Waals surface area contributed by atoms with Crippen LogP contribution in [0.1, 0.15) is 19.3 Å². The fourth-order valence-corrected chi connectivity index (χ4v) is 1.29. The van der Waals surface area contributed by atoms with Crippen LogP contribution >= 0.6 is 0 Å². The van der Waals surface area contributed by atoms with E-state index in [4.69, 9.17) is 47.8 Å². The van der Waals surface area contributed by atoms with Gasteiger partial charge in [0.25, 0.3) is 0 Å². The first-order valence-electron chi connectivity index (χ1n) is 6.84. The maximum Gasteiger partial charge on any atom is 0.338 e. The minimum atomic E-state index is -1.79. The summed E-state index contributed by atoms with van der Waals surface area (Å²) in [6, 6.07) is 0. The molecule has 0 saturated heterocycles. The number of aliphatic carboxylic acids is 1. The highest BCUT2D eigenvalue weighted by Crippen LogP contribution is 2.04. The molecule has 0 spiro atoms. The predicted molar refractivity (Wildman–Crippen MR) is 78.8 cm³/mol. The second-order valence-corrected chi connectivity index (χ2v) is 4.95. The molecule has 138 valence electrons. The number of aliphatic hydroxyl groups excluding tert-OH is 5. The van der Waals surface area contributed by atoms with Gasteiger partial charge in [0.1, 0.15) is 24.4 Å². The van der Waals surface area contributed by atoms with Crippen molar-refractivity contribution in [3.63, 3.8) is 0 Å². The van der Waals surface area contributed by atoms with E-state index in [-0.39, 0.29) is 12.7 Å². The third-order valence-corrected chi connectivity index (χ3v) is 2.86. The second kappa shape index (κ2) is 12.3. The molecule has 23 heavy (non-hydrogen) atoms. The fourth-order valence-electron chi connectivity index (χ4n) is 1.29. The SMILES string of the molecule is NCCCCC(N)(N)C(=O)O.O=C[C@H](O)[C@@H](O)[C@@H](O)[C@H](O)CO. The first kappa shape index (κ1) is 24.1. The predicted octanol–water partition coefficient (Wildman–Crippen LogP) is -4.57. The lowest BCUT2D eigenvalue weighted by molar-refractivity contribution is -0.143. The van der Waals surface area contributed by atoms with Crippen LogP contribution in [0.3, 0.4) is 0 Å². The van der Waals surface area contributed by atoms with Crippen molar-refractivity contribution in [1.82, 2.24) is 0 Å². The van der Waals surface area contributed by atoms with Crippen LogP contribution in [0.25, 0.3) is 0 Å². The normalized spacial score (nSPS) is 16.5. The van der Waals surface area contributed by atoms with Crippen LogP contribution in [0, 0.1) is 0 Å². The largest absolute Gasteiger partial charge is 0.479 e. The number of unbranched alkanes of at least 4 members (excludes halogenated alkanes) is 1. The van der Waals surface area contributed by atoms with E-state index in [2.05, 4.69) is 0 Å². The Bertz CT molecular complexity index is 342. The minimum Gasteiger partial charge on any atom is -0.479 e. The summed E-state index contributed by atoms with van der Waals surface area (Å²) >= 11 is 0. The molecule has 12 N–H and O–H groups in total. The molecule has 0 aliphatic heterocycles. The zero-order chi connectivity index (χ0) is 18.6. The fraction of sp³-hybridized carbons (Fsp3) is 0.833. The average Bonchev–Trinajstić information content (AvgIpc) is 2.52. The molecule has 0 fully saturated rings. The highest BCUT2D eigenvalue weighted by atomic mass is 16.4. The van der Waals surface area contributed by atoms with Gasteiger partial charge < -0.3 is 52.6 Å². The van der Waals surface area contributed by atoms with Gasteiger partial charge >= 0.3 is 5.97 Å². The number of aldehydes is 1. The standard InChI is InChI=1S/C6H15N3O2.C6H12O6/c7-4-2-1-3-6(8,9)5(10)11;7-1-3(9)5(11)6(12)4(10)2-8/h1-4,7-9H2,(H,10,11);1,3-6,8-12H,2H2/t;3-,4+,5+,6-/m.0/s1. The molecule has 0 aromatic heterocycles. The lowest BCUT2D eigenvalue weighted by Crippen LogP contribution is -2.56. The Balaban J connectivity index is 0. The van der Waals surface area contributed by atoms with Gasteiger partial charge in [0, 0.05) is 0 Å². The summed E-state index contributed by atoms with van der Waals surface area (Å²) in [5.74, 6) is -1.17. The molecule has 4 atom stereocenters. The van der Waals surface area contributed by atoms with Crippen LogP contribution in [0.5, 0.6) is 0 Å². The van der Waals surface area contributed by atoms with E-state index in [1.54, 1.807) is 0 Å². The van der Waals surface area contributed by atoms with Crippen LogP contribution in [-0.4, -0.2) is 86.1 Å². The van der Waals surface area contributed by atoms with Crippen molar-refractivity contribution < 1.29 is 40.2 Å². The lowest BCUT2D eigenvalue weighted by atomic mass is 10.0. The van der Waals surface area contributed by atoms with E-state index in [1.165, 1.54) is 0 Å². The average molecular weight is 341 g/mol. The molecule has 0 aromatic rings. The topological polar surface area (TPSA) is 234 Å². The number of carbonyl (C=O) groups excluding carboxylic acids is 1. The molecule has 0 rings (SSSR count). The molecule has 11 heteroatoms. The molecule has 0 aromatic carbocycles. The van der Waals surface area contributed by atoms with Gasteiger partial charge in [-0.2, -0.15) is 0 Å². The number of nitrogens with two attached hydrogens (primary N) is 3. The van der Waals surface area contributed by atoms with Gasteiger partial charge in [-0.25, -0.2) is 4.79 Å². The van der Waals surface area contributed by atoms with E-state index in [9.17, 15) is 9.59 Å². The van der Waals surface area contributed by atoms with Gasteiger partial charge in [0.05, 0.1) is 6.61 Å².